The Hall–Kier alpha value is -3.51. The van der Waals surface area contributed by atoms with E-state index >= 15 is 0 Å². The zero-order valence-electron chi connectivity index (χ0n) is 19.7. The monoisotopic (exact) mass is 460 g/mol. The van der Waals surface area contributed by atoms with Crippen molar-refractivity contribution in [2.75, 3.05) is 56.1 Å². The number of nitrogens with zero attached hydrogens (tertiary/aromatic N) is 8. The molecule has 2 aromatic heterocycles. The van der Waals surface area contributed by atoms with Crippen LogP contribution in [0.5, 0.6) is 0 Å². The number of benzene rings is 1. The van der Waals surface area contributed by atoms with Crippen molar-refractivity contribution in [1.29, 1.82) is 5.26 Å². The molecule has 2 aliphatic rings. The van der Waals surface area contributed by atoms with E-state index in [2.05, 4.69) is 49.1 Å². The predicted molar refractivity (Wildman–Crippen MR) is 129 cm³/mol. The second-order valence-corrected chi connectivity index (χ2v) is 9.19. The number of hydrogen-bond donors (Lipinski definition) is 0. The average molecular weight is 461 g/mol. The molecule has 9 heteroatoms. The molecule has 0 N–H and O–H groups in total. The molecule has 0 atom stereocenters. The number of likely N-dealkylation sites (N-methyl/N-ethyl adjacent to an activating group) is 1. The number of hydrogen-bond acceptors (Lipinski definition) is 7. The largest absolute Gasteiger partial charge is 0.370 e. The molecule has 0 aliphatic carbocycles. The van der Waals surface area contributed by atoms with Crippen LogP contribution in [0.25, 0.3) is 11.1 Å². The molecule has 1 aromatic carbocycles. The average Bonchev–Trinajstić information content (AvgIpc) is 3.30. The van der Waals surface area contributed by atoms with Crippen molar-refractivity contribution in [3.63, 3.8) is 0 Å². The smallest absolute Gasteiger partial charge is 0.212 e. The van der Waals surface area contributed by atoms with Gasteiger partial charge in [-0.3, -0.25) is 0 Å². The normalized spacial score (nSPS) is 17.7. The molecule has 8 nitrogen and oxygen atoms in total. The number of piperidine rings is 1. The maximum absolute atomic E-state index is 13.6. The zero-order chi connectivity index (χ0) is 23.7. The van der Waals surface area contributed by atoms with Gasteiger partial charge in [0.15, 0.2) is 0 Å². The summed E-state index contributed by atoms with van der Waals surface area (Å²) in [6, 6.07) is 9.74. The van der Waals surface area contributed by atoms with Crippen LogP contribution in [-0.2, 0) is 7.05 Å². The van der Waals surface area contributed by atoms with Crippen molar-refractivity contribution in [2.24, 2.45) is 7.05 Å². The lowest BCUT2D eigenvalue weighted by Crippen LogP contribution is -2.45. The SMILES string of the molecule is CN1CCN(c2ccc(-c3ccc(F)nc3)c(N3CCC(c4nncn4C)CC3)c2C#N)CC1. The molecule has 0 saturated carbocycles. The number of anilines is 2. The van der Waals surface area contributed by atoms with Crippen molar-refractivity contribution in [3.05, 3.63) is 54.1 Å². The predicted octanol–water partition coefficient (Wildman–Crippen LogP) is 3.02. The van der Waals surface area contributed by atoms with E-state index < -0.39 is 5.95 Å². The number of aryl methyl sites for hydroxylation is 1. The summed E-state index contributed by atoms with van der Waals surface area (Å²) in [5.74, 6) is 0.838. The first kappa shape index (κ1) is 22.3. The molecular weight excluding hydrogens is 431 g/mol. The van der Waals surface area contributed by atoms with E-state index in [1.54, 1.807) is 18.6 Å². The highest BCUT2D eigenvalue weighted by Gasteiger charge is 2.29. The number of rotatable bonds is 4. The van der Waals surface area contributed by atoms with E-state index in [0.29, 0.717) is 11.5 Å². The quantitative estimate of drug-likeness (QED) is 0.554. The molecule has 0 unspecified atom stereocenters. The number of aromatic nitrogens is 4. The second-order valence-electron chi connectivity index (χ2n) is 9.19. The number of pyridine rings is 1. The Kier molecular flexibility index (Phi) is 6.16. The van der Waals surface area contributed by atoms with Crippen molar-refractivity contribution in [1.82, 2.24) is 24.6 Å². The van der Waals surface area contributed by atoms with Crippen molar-refractivity contribution in [3.8, 4) is 17.2 Å². The number of piperazine rings is 1. The molecule has 5 rings (SSSR count). The summed E-state index contributed by atoms with van der Waals surface area (Å²) in [6.45, 7) is 5.31. The summed E-state index contributed by atoms with van der Waals surface area (Å²) in [6.07, 6.45) is 5.15. The van der Waals surface area contributed by atoms with Gasteiger partial charge in [-0.1, -0.05) is 6.07 Å². The summed E-state index contributed by atoms with van der Waals surface area (Å²) in [5.41, 5.74) is 4.30. The third kappa shape index (κ3) is 4.21. The van der Waals surface area contributed by atoms with Crippen LogP contribution >= 0.6 is 0 Å². The van der Waals surface area contributed by atoms with Crippen molar-refractivity contribution >= 4 is 11.4 Å². The summed E-state index contributed by atoms with van der Waals surface area (Å²) in [4.78, 5) is 10.8. The third-order valence-electron chi connectivity index (χ3n) is 7.07. The van der Waals surface area contributed by atoms with Crippen LogP contribution in [0.15, 0.2) is 36.8 Å². The highest BCUT2D eigenvalue weighted by molar-refractivity contribution is 5.88. The van der Waals surface area contributed by atoms with Gasteiger partial charge in [-0.05, 0) is 38.1 Å². The molecule has 34 heavy (non-hydrogen) atoms. The van der Waals surface area contributed by atoms with E-state index in [9.17, 15) is 9.65 Å². The van der Waals surface area contributed by atoms with Gasteiger partial charge in [0.05, 0.1) is 16.9 Å². The Balaban J connectivity index is 1.53. The highest BCUT2D eigenvalue weighted by Crippen LogP contribution is 2.41. The summed E-state index contributed by atoms with van der Waals surface area (Å²) >= 11 is 0. The standard InChI is InChI=1S/C25H29FN8/c1-31-11-13-33(14-12-31)22-5-4-20(19-3-6-23(26)28-16-19)24(21(22)15-27)34-9-7-18(8-10-34)25-30-29-17-32(25)2/h3-6,16-18H,7-14H2,1-2H3. The zero-order valence-corrected chi connectivity index (χ0v) is 19.7. The minimum absolute atomic E-state index is 0.339. The van der Waals surface area contributed by atoms with Gasteiger partial charge in [0.1, 0.15) is 18.2 Å². The molecule has 2 aliphatic heterocycles. The Labute approximate surface area is 199 Å². The molecule has 2 fully saturated rings. The van der Waals surface area contributed by atoms with E-state index in [0.717, 1.165) is 80.4 Å². The molecule has 176 valence electrons. The minimum Gasteiger partial charge on any atom is -0.370 e. The molecule has 0 bridgehead atoms. The first-order chi connectivity index (χ1) is 16.5. The molecule has 0 radical (unpaired) electrons. The van der Waals surface area contributed by atoms with E-state index in [1.807, 2.05) is 17.7 Å². The first-order valence-electron chi connectivity index (χ1n) is 11.8. The Bertz CT molecular complexity index is 1180. The third-order valence-corrected chi connectivity index (χ3v) is 7.07. The van der Waals surface area contributed by atoms with Crippen LogP contribution in [0.3, 0.4) is 0 Å². The molecule has 2 saturated heterocycles. The van der Waals surface area contributed by atoms with Crippen molar-refractivity contribution < 1.29 is 4.39 Å². The van der Waals surface area contributed by atoms with Crippen molar-refractivity contribution in [2.45, 2.75) is 18.8 Å². The van der Waals surface area contributed by atoms with Crippen LogP contribution in [-0.4, -0.2) is 71.0 Å². The van der Waals surface area contributed by atoms with Crippen LogP contribution in [0.1, 0.15) is 30.1 Å². The van der Waals surface area contributed by atoms with E-state index in [4.69, 9.17) is 0 Å². The Morgan fingerprint density at radius 3 is 2.35 bits per heavy atom. The van der Waals surface area contributed by atoms with Crippen LogP contribution in [0.4, 0.5) is 15.8 Å². The summed E-state index contributed by atoms with van der Waals surface area (Å²) < 4.78 is 15.5. The van der Waals surface area contributed by atoms with Gasteiger partial charge in [-0.2, -0.15) is 9.65 Å². The lowest BCUT2D eigenvalue weighted by atomic mass is 9.92. The van der Waals surface area contributed by atoms with Gasteiger partial charge < -0.3 is 19.3 Å². The maximum atomic E-state index is 13.6. The van der Waals surface area contributed by atoms with Gasteiger partial charge >= 0.3 is 0 Å². The number of halogens is 1. The molecule has 4 heterocycles. The first-order valence-corrected chi connectivity index (χ1v) is 11.8. The van der Waals surface area contributed by atoms with Gasteiger partial charge in [0.2, 0.25) is 5.95 Å². The fraction of sp³-hybridized carbons (Fsp3) is 0.440. The van der Waals surface area contributed by atoms with Crippen LogP contribution in [0, 0.1) is 17.3 Å². The Morgan fingerprint density at radius 1 is 0.971 bits per heavy atom. The molecule has 0 amide bonds. The minimum atomic E-state index is -0.510. The van der Waals surface area contributed by atoms with Gasteiger partial charge in [-0.25, -0.2) is 4.98 Å². The molecular formula is C25H29FN8. The summed E-state index contributed by atoms with van der Waals surface area (Å²) in [7, 11) is 4.11. The van der Waals surface area contributed by atoms with Gasteiger partial charge in [0.25, 0.3) is 0 Å². The van der Waals surface area contributed by atoms with E-state index in [-0.39, 0.29) is 0 Å². The second kappa shape index (κ2) is 9.39. The van der Waals surface area contributed by atoms with Crippen LogP contribution < -0.4 is 9.80 Å². The fourth-order valence-electron chi connectivity index (χ4n) is 5.12. The van der Waals surface area contributed by atoms with Gasteiger partial charge in [-0.15, -0.1) is 10.2 Å². The summed E-state index contributed by atoms with van der Waals surface area (Å²) in [5, 5.41) is 18.7. The molecule has 0 spiro atoms. The maximum Gasteiger partial charge on any atom is 0.212 e. The molecule has 3 aromatic rings. The highest BCUT2D eigenvalue weighted by atomic mass is 19.1. The van der Waals surface area contributed by atoms with E-state index in [1.165, 1.54) is 6.07 Å². The lowest BCUT2D eigenvalue weighted by Gasteiger charge is -2.38. The van der Waals surface area contributed by atoms with Gasteiger partial charge in [0, 0.05) is 69.6 Å². The Morgan fingerprint density at radius 2 is 1.74 bits per heavy atom. The van der Waals surface area contributed by atoms with Crippen LogP contribution in [0.2, 0.25) is 0 Å². The topological polar surface area (TPSA) is 77.1 Å². The number of nitriles is 1. The fourth-order valence-corrected chi connectivity index (χ4v) is 5.12. The lowest BCUT2D eigenvalue weighted by molar-refractivity contribution is 0.313.